The third-order valence-electron chi connectivity index (χ3n) is 3.16. The molecule has 1 unspecified atom stereocenters. The molecule has 0 spiro atoms. The van der Waals surface area contributed by atoms with Crippen LogP contribution in [0.3, 0.4) is 0 Å². The van der Waals surface area contributed by atoms with E-state index in [4.69, 9.17) is 17.3 Å². The van der Waals surface area contributed by atoms with Gasteiger partial charge in [0.05, 0.1) is 0 Å². The molecule has 0 bridgehead atoms. The van der Waals surface area contributed by atoms with Gasteiger partial charge in [-0.15, -0.1) is 0 Å². The van der Waals surface area contributed by atoms with Crippen molar-refractivity contribution in [1.82, 2.24) is 4.98 Å². The quantitative estimate of drug-likeness (QED) is 0.661. The van der Waals surface area contributed by atoms with Gasteiger partial charge < -0.3 is 10.7 Å². The largest absolute Gasteiger partial charge is 0.352 e. The van der Waals surface area contributed by atoms with E-state index in [1.807, 2.05) is 6.20 Å². The van der Waals surface area contributed by atoms with E-state index in [1.165, 1.54) is 11.1 Å². The molecule has 3 heteroatoms. The zero-order valence-corrected chi connectivity index (χ0v) is 8.78. The number of aromatic amines is 1. The van der Waals surface area contributed by atoms with Crippen LogP contribution in [0.1, 0.15) is 37.4 Å². The van der Waals surface area contributed by atoms with Gasteiger partial charge >= 0.3 is 0 Å². The van der Waals surface area contributed by atoms with E-state index in [1.54, 1.807) is 0 Å². The maximum atomic E-state index is 6.16. The van der Waals surface area contributed by atoms with E-state index < -0.39 is 0 Å². The fourth-order valence-corrected chi connectivity index (χ4v) is 2.26. The summed E-state index contributed by atoms with van der Waals surface area (Å²) in [7, 11) is 0. The summed E-state index contributed by atoms with van der Waals surface area (Å²) >= 11 is 6.01. The predicted molar refractivity (Wildman–Crippen MR) is 54.8 cm³/mol. The zero-order valence-electron chi connectivity index (χ0n) is 8.02. The fourth-order valence-electron chi connectivity index (χ4n) is 2.00. The minimum absolute atomic E-state index is 0.111. The van der Waals surface area contributed by atoms with Crippen molar-refractivity contribution < 1.29 is 0 Å². The average molecular weight is 199 g/mol. The van der Waals surface area contributed by atoms with E-state index in [0.29, 0.717) is 0 Å². The zero-order chi connectivity index (χ0) is 9.64. The molecule has 2 rings (SSSR count). The molecule has 0 saturated carbocycles. The molecule has 0 saturated heterocycles. The normalized spacial score (nSPS) is 25.7. The summed E-state index contributed by atoms with van der Waals surface area (Å²) in [5.41, 5.74) is 8.76. The molecule has 0 amide bonds. The first-order valence-corrected chi connectivity index (χ1v) is 5.01. The van der Waals surface area contributed by atoms with Gasteiger partial charge in [0.25, 0.3) is 0 Å². The molecule has 1 aromatic heterocycles. The highest BCUT2D eigenvalue weighted by Gasteiger charge is 2.34. The molecule has 1 heterocycles. The Morgan fingerprint density at radius 1 is 1.62 bits per heavy atom. The maximum Gasteiger partial charge on any atom is 0.109 e. The SMILES string of the molecule is CC1(C)CCc2c(c[nH]c2Cl)C1N. The second-order valence-electron chi connectivity index (χ2n) is 4.50. The van der Waals surface area contributed by atoms with E-state index in [2.05, 4.69) is 18.8 Å². The third-order valence-corrected chi connectivity index (χ3v) is 3.50. The third kappa shape index (κ3) is 1.29. The van der Waals surface area contributed by atoms with Crippen LogP contribution in [0.25, 0.3) is 0 Å². The summed E-state index contributed by atoms with van der Waals surface area (Å²) < 4.78 is 0. The number of rotatable bonds is 0. The summed E-state index contributed by atoms with van der Waals surface area (Å²) in [6.07, 6.45) is 4.10. The van der Waals surface area contributed by atoms with Crippen molar-refractivity contribution in [3.05, 3.63) is 22.5 Å². The van der Waals surface area contributed by atoms with Crippen molar-refractivity contribution in [3.8, 4) is 0 Å². The number of hydrogen-bond donors (Lipinski definition) is 2. The van der Waals surface area contributed by atoms with Gasteiger partial charge in [0.1, 0.15) is 5.15 Å². The number of aromatic nitrogens is 1. The van der Waals surface area contributed by atoms with Crippen molar-refractivity contribution in [3.63, 3.8) is 0 Å². The van der Waals surface area contributed by atoms with Crippen LogP contribution in [0.2, 0.25) is 5.15 Å². The molecular formula is C10H15ClN2. The van der Waals surface area contributed by atoms with Crippen LogP contribution < -0.4 is 5.73 Å². The van der Waals surface area contributed by atoms with Crippen LogP contribution >= 0.6 is 11.6 Å². The molecule has 13 heavy (non-hydrogen) atoms. The maximum absolute atomic E-state index is 6.16. The Morgan fingerprint density at radius 3 is 3.00 bits per heavy atom. The topological polar surface area (TPSA) is 41.8 Å². The lowest BCUT2D eigenvalue weighted by Gasteiger charge is -2.36. The molecular weight excluding hydrogens is 184 g/mol. The molecule has 0 aliphatic heterocycles. The van der Waals surface area contributed by atoms with Gasteiger partial charge in [-0.1, -0.05) is 25.4 Å². The van der Waals surface area contributed by atoms with Crippen molar-refractivity contribution in [2.24, 2.45) is 11.1 Å². The van der Waals surface area contributed by atoms with Crippen LogP contribution in [-0.4, -0.2) is 4.98 Å². The Balaban J connectivity index is 2.46. The van der Waals surface area contributed by atoms with Gasteiger partial charge in [0.2, 0.25) is 0 Å². The molecule has 0 radical (unpaired) electrons. The van der Waals surface area contributed by atoms with E-state index in [-0.39, 0.29) is 11.5 Å². The summed E-state index contributed by atoms with van der Waals surface area (Å²) in [6.45, 7) is 4.42. The van der Waals surface area contributed by atoms with Crippen LogP contribution in [0, 0.1) is 5.41 Å². The van der Waals surface area contributed by atoms with Gasteiger partial charge in [-0.25, -0.2) is 0 Å². The molecule has 1 aromatic rings. The molecule has 1 aliphatic rings. The molecule has 3 N–H and O–H groups in total. The highest BCUT2D eigenvalue weighted by atomic mass is 35.5. The lowest BCUT2D eigenvalue weighted by atomic mass is 9.72. The van der Waals surface area contributed by atoms with Gasteiger partial charge in [-0.3, -0.25) is 0 Å². The Hall–Kier alpha value is -0.470. The Labute approximate surface area is 83.5 Å². The van der Waals surface area contributed by atoms with Gasteiger partial charge in [0, 0.05) is 12.2 Å². The first-order chi connectivity index (χ1) is 6.02. The molecule has 1 atom stereocenters. The predicted octanol–water partition coefficient (Wildman–Crippen LogP) is 2.64. The van der Waals surface area contributed by atoms with E-state index in [0.717, 1.165) is 18.0 Å². The summed E-state index contributed by atoms with van der Waals surface area (Å²) in [4.78, 5) is 3.03. The van der Waals surface area contributed by atoms with Crippen molar-refractivity contribution >= 4 is 11.6 Å². The lowest BCUT2D eigenvalue weighted by molar-refractivity contribution is 0.250. The van der Waals surface area contributed by atoms with Crippen molar-refractivity contribution in [2.45, 2.75) is 32.7 Å². The van der Waals surface area contributed by atoms with Gasteiger partial charge in [-0.2, -0.15) is 0 Å². The number of H-pyrrole nitrogens is 1. The Morgan fingerprint density at radius 2 is 2.31 bits per heavy atom. The minimum Gasteiger partial charge on any atom is -0.352 e. The van der Waals surface area contributed by atoms with Crippen LogP contribution in [-0.2, 0) is 6.42 Å². The number of halogens is 1. The molecule has 0 aromatic carbocycles. The molecule has 1 aliphatic carbocycles. The summed E-state index contributed by atoms with van der Waals surface area (Å²) in [5, 5.41) is 0.765. The minimum atomic E-state index is 0.111. The second kappa shape index (κ2) is 2.76. The van der Waals surface area contributed by atoms with Crippen molar-refractivity contribution in [2.75, 3.05) is 0 Å². The second-order valence-corrected chi connectivity index (χ2v) is 4.88. The Bertz CT molecular complexity index is 328. The van der Waals surface area contributed by atoms with Crippen LogP contribution in [0.5, 0.6) is 0 Å². The first kappa shape index (κ1) is 9.10. The lowest BCUT2D eigenvalue weighted by Crippen LogP contribution is -2.33. The highest BCUT2D eigenvalue weighted by Crippen LogP contribution is 2.43. The van der Waals surface area contributed by atoms with Crippen LogP contribution in [0.15, 0.2) is 6.20 Å². The highest BCUT2D eigenvalue weighted by molar-refractivity contribution is 6.30. The molecule has 72 valence electrons. The van der Waals surface area contributed by atoms with E-state index in [9.17, 15) is 0 Å². The molecule has 2 nitrogen and oxygen atoms in total. The van der Waals surface area contributed by atoms with E-state index >= 15 is 0 Å². The number of nitrogens with one attached hydrogen (secondary N) is 1. The summed E-state index contributed by atoms with van der Waals surface area (Å²) in [5.74, 6) is 0. The summed E-state index contributed by atoms with van der Waals surface area (Å²) in [6, 6.07) is 0.111. The number of nitrogens with two attached hydrogens (primary N) is 1. The van der Waals surface area contributed by atoms with Crippen molar-refractivity contribution in [1.29, 1.82) is 0 Å². The average Bonchev–Trinajstić information content (AvgIpc) is 2.41. The van der Waals surface area contributed by atoms with Crippen LogP contribution in [0.4, 0.5) is 0 Å². The molecule has 0 fully saturated rings. The smallest absolute Gasteiger partial charge is 0.109 e. The van der Waals surface area contributed by atoms with Gasteiger partial charge in [-0.05, 0) is 29.4 Å². The Kier molecular flexibility index (Phi) is 1.93. The fraction of sp³-hybridized carbons (Fsp3) is 0.600. The first-order valence-electron chi connectivity index (χ1n) is 4.63. The van der Waals surface area contributed by atoms with Gasteiger partial charge in [0.15, 0.2) is 0 Å². The standard InChI is InChI=1S/C10H15ClN2/c1-10(2)4-3-6-7(8(10)12)5-13-9(6)11/h5,8,13H,3-4,12H2,1-2H3. The number of hydrogen-bond acceptors (Lipinski definition) is 1. The monoisotopic (exact) mass is 198 g/mol. The number of fused-ring (bicyclic) bond motifs is 1.